The Morgan fingerprint density at radius 1 is 1.45 bits per heavy atom. The monoisotopic (exact) mass is 306 g/mol. The number of sulfonamides is 1. The Bertz CT molecular complexity index is 462. The van der Waals surface area contributed by atoms with Crippen LogP contribution >= 0.6 is 0 Å². The summed E-state index contributed by atoms with van der Waals surface area (Å²) in [7, 11) is -3.31. The molecule has 2 atom stereocenters. The highest BCUT2D eigenvalue weighted by Gasteiger charge is 2.31. The van der Waals surface area contributed by atoms with Gasteiger partial charge in [0.2, 0.25) is 15.9 Å². The number of aliphatic carboxylic acids is 1. The van der Waals surface area contributed by atoms with E-state index in [4.69, 9.17) is 5.11 Å². The van der Waals surface area contributed by atoms with Crippen LogP contribution in [0.25, 0.3) is 0 Å². The van der Waals surface area contributed by atoms with E-state index in [0.29, 0.717) is 32.2 Å². The van der Waals surface area contributed by atoms with Gasteiger partial charge in [-0.3, -0.25) is 4.79 Å². The summed E-state index contributed by atoms with van der Waals surface area (Å²) in [4.78, 5) is 23.1. The number of nitrogens with one attached hydrogen (secondary N) is 1. The van der Waals surface area contributed by atoms with Gasteiger partial charge in [-0.25, -0.2) is 17.5 Å². The van der Waals surface area contributed by atoms with Gasteiger partial charge in [0.15, 0.2) is 0 Å². The molecular weight excluding hydrogens is 284 g/mol. The zero-order valence-corrected chi connectivity index (χ0v) is 12.6. The third-order valence-corrected chi connectivity index (χ3v) is 4.69. The second-order valence-electron chi connectivity index (χ2n) is 5.15. The lowest BCUT2D eigenvalue weighted by Crippen LogP contribution is -2.49. The molecule has 0 radical (unpaired) electrons. The summed E-state index contributed by atoms with van der Waals surface area (Å²) in [5.41, 5.74) is 0. The first-order chi connectivity index (χ1) is 9.25. The molecule has 0 aliphatic carbocycles. The second kappa shape index (κ2) is 7.03. The maximum Gasteiger partial charge on any atom is 0.326 e. The summed E-state index contributed by atoms with van der Waals surface area (Å²) in [6, 6.07) is -0.902. The van der Waals surface area contributed by atoms with Gasteiger partial charge in [-0.15, -0.1) is 0 Å². The lowest BCUT2D eigenvalue weighted by Gasteiger charge is -2.30. The first-order valence-electron chi connectivity index (χ1n) is 6.74. The molecule has 20 heavy (non-hydrogen) atoms. The first kappa shape index (κ1) is 16.9. The van der Waals surface area contributed by atoms with E-state index < -0.39 is 28.0 Å². The van der Waals surface area contributed by atoms with E-state index in [-0.39, 0.29) is 12.5 Å². The van der Waals surface area contributed by atoms with Crippen molar-refractivity contribution in [2.45, 2.75) is 38.6 Å². The molecule has 1 rings (SSSR count). The molecule has 116 valence electrons. The Morgan fingerprint density at radius 2 is 2.10 bits per heavy atom. The number of carbonyl (C=O) groups excluding carboxylic acids is 1. The standard InChI is InChI=1S/C12H22N2O5S/c1-3-5-10(12(16)17)13-11(15)9-6-4-7-14(8-9)20(2,18)19/h9-10H,3-8H2,1-2H3,(H,13,15)(H,16,17)/t9?,10-/m0/s1. The maximum absolute atomic E-state index is 12.1. The van der Waals surface area contributed by atoms with Gasteiger partial charge < -0.3 is 10.4 Å². The number of nitrogens with zero attached hydrogens (tertiary/aromatic N) is 1. The molecule has 1 saturated heterocycles. The number of carbonyl (C=O) groups is 2. The molecule has 2 N–H and O–H groups in total. The fourth-order valence-corrected chi connectivity index (χ4v) is 3.20. The average molecular weight is 306 g/mol. The molecule has 0 aromatic heterocycles. The molecule has 7 nitrogen and oxygen atoms in total. The predicted molar refractivity (Wildman–Crippen MR) is 73.6 cm³/mol. The second-order valence-corrected chi connectivity index (χ2v) is 7.13. The van der Waals surface area contributed by atoms with E-state index in [0.717, 1.165) is 6.26 Å². The van der Waals surface area contributed by atoms with Crippen LogP contribution in [0.2, 0.25) is 0 Å². The summed E-state index contributed by atoms with van der Waals surface area (Å²) < 4.78 is 24.2. The number of hydrogen-bond donors (Lipinski definition) is 2. The third kappa shape index (κ3) is 4.75. The molecule has 1 aliphatic heterocycles. The smallest absolute Gasteiger partial charge is 0.326 e. The highest BCUT2D eigenvalue weighted by molar-refractivity contribution is 7.88. The number of piperidine rings is 1. The Hall–Kier alpha value is -1.15. The van der Waals surface area contributed by atoms with E-state index in [1.54, 1.807) is 0 Å². The van der Waals surface area contributed by atoms with E-state index in [1.807, 2.05) is 6.92 Å². The van der Waals surface area contributed by atoms with E-state index in [1.165, 1.54) is 4.31 Å². The van der Waals surface area contributed by atoms with Gasteiger partial charge in [-0.1, -0.05) is 13.3 Å². The molecule has 1 amide bonds. The molecular formula is C12H22N2O5S. The molecule has 0 aromatic rings. The van der Waals surface area contributed by atoms with Crippen molar-refractivity contribution in [3.05, 3.63) is 0 Å². The van der Waals surface area contributed by atoms with E-state index in [2.05, 4.69) is 5.32 Å². The van der Waals surface area contributed by atoms with Gasteiger partial charge in [-0.2, -0.15) is 0 Å². The van der Waals surface area contributed by atoms with Crippen molar-refractivity contribution in [2.24, 2.45) is 5.92 Å². The number of hydrogen-bond acceptors (Lipinski definition) is 4. The topological polar surface area (TPSA) is 104 Å². The van der Waals surface area contributed by atoms with Crippen molar-refractivity contribution in [3.63, 3.8) is 0 Å². The molecule has 1 aliphatic rings. The number of amides is 1. The molecule has 1 heterocycles. The molecule has 0 bridgehead atoms. The van der Waals surface area contributed by atoms with Crippen LogP contribution in [-0.4, -0.2) is 55.1 Å². The van der Waals surface area contributed by atoms with Crippen molar-refractivity contribution < 1.29 is 23.1 Å². The van der Waals surface area contributed by atoms with Crippen LogP contribution in [0, 0.1) is 5.92 Å². The fourth-order valence-electron chi connectivity index (χ4n) is 2.29. The summed E-state index contributed by atoms with van der Waals surface area (Å²) in [5, 5.41) is 11.5. The van der Waals surface area contributed by atoms with Gasteiger partial charge in [0, 0.05) is 13.1 Å². The quantitative estimate of drug-likeness (QED) is 0.720. The minimum Gasteiger partial charge on any atom is -0.480 e. The van der Waals surface area contributed by atoms with E-state index in [9.17, 15) is 18.0 Å². The Labute approximate surface area is 119 Å². The van der Waals surface area contributed by atoms with Crippen LogP contribution in [0.1, 0.15) is 32.6 Å². The van der Waals surface area contributed by atoms with Gasteiger partial charge in [-0.05, 0) is 19.3 Å². The minimum absolute atomic E-state index is 0.128. The van der Waals surface area contributed by atoms with Crippen molar-refractivity contribution >= 4 is 21.9 Å². The van der Waals surface area contributed by atoms with Crippen LogP contribution in [-0.2, 0) is 19.6 Å². The molecule has 1 fully saturated rings. The fraction of sp³-hybridized carbons (Fsp3) is 0.833. The highest BCUT2D eigenvalue weighted by Crippen LogP contribution is 2.19. The normalized spacial score (nSPS) is 22.2. The van der Waals surface area contributed by atoms with Crippen molar-refractivity contribution in [3.8, 4) is 0 Å². The lowest BCUT2D eigenvalue weighted by atomic mass is 9.98. The number of carboxylic acids is 1. The first-order valence-corrected chi connectivity index (χ1v) is 8.58. The molecule has 0 spiro atoms. The minimum atomic E-state index is -3.31. The Kier molecular flexibility index (Phi) is 5.94. The average Bonchev–Trinajstić information content (AvgIpc) is 2.37. The van der Waals surface area contributed by atoms with Crippen LogP contribution < -0.4 is 5.32 Å². The predicted octanol–water partition coefficient (Wildman–Crippen LogP) is 0.0275. The van der Waals surface area contributed by atoms with E-state index >= 15 is 0 Å². The van der Waals surface area contributed by atoms with Crippen molar-refractivity contribution in [1.82, 2.24) is 9.62 Å². The maximum atomic E-state index is 12.1. The zero-order chi connectivity index (χ0) is 15.3. The van der Waals surface area contributed by atoms with Crippen LogP contribution in [0.4, 0.5) is 0 Å². The van der Waals surface area contributed by atoms with Crippen molar-refractivity contribution in [2.75, 3.05) is 19.3 Å². The van der Waals surface area contributed by atoms with Gasteiger partial charge >= 0.3 is 5.97 Å². The van der Waals surface area contributed by atoms with Gasteiger partial charge in [0.05, 0.1) is 12.2 Å². The van der Waals surface area contributed by atoms with Crippen molar-refractivity contribution in [1.29, 1.82) is 0 Å². The van der Waals surface area contributed by atoms with Crippen LogP contribution in [0.15, 0.2) is 0 Å². The Balaban J connectivity index is 2.65. The van der Waals surface area contributed by atoms with Gasteiger partial charge in [0.25, 0.3) is 0 Å². The molecule has 0 saturated carbocycles. The molecule has 8 heteroatoms. The van der Waals surface area contributed by atoms with Crippen LogP contribution in [0.3, 0.4) is 0 Å². The molecule has 1 unspecified atom stereocenters. The lowest BCUT2D eigenvalue weighted by molar-refractivity contribution is -0.142. The highest BCUT2D eigenvalue weighted by atomic mass is 32.2. The zero-order valence-electron chi connectivity index (χ0n) is 11.8. The Morgan fingerprint density at radius 3 is 2.60 bits per heavy atom. The SMILES string of the molecule is CCC[C@H](NC(=O)C1CCCN(S(C)(=O)=O)C1)C(=O)O. The summed E-state index contributed by atoms with van der Waals surface area (Å²) in [5.74, 6) is -1.91. The summed E-state index contributed by atoms with van der Waals surface area (Å²) >= 11 is 0. The summed E-state index contributed by atoms with van der Waals surface area (Å²) in [6.07, 6.45) is 3.32. The third-order valence-electron chi connectivity index (χ3n) is 3.42. The summed E-state index contributed by atoms with van der Waals surface area (Å²) in [6.45, 7) is 2.39. The van der Waals surface area contributed by atoms with Gasteiger partial charge in [0.1, 0.15) is 6.04 Å². The number of rotatable bonds is 6. The molecule has 0 aromatic carbocycles. The number of carboxylic acid groups (broad SMARTS) is 1. The largest absolute Gasteiger partial charge is 0.480 e. The van der Waals surface area contributed by atoms with Crippen LogP contribution in [0.5, 0.6) is 0 Å².